The number of hydrogen-bond donors (Lipinski definition) is 2. The Kier molecular flexibility index (Phi) is 6.43. The summed E-state index contributed by atoms with van der Waals surface area (Å²) in [4.78, 5) is 0. The van der Waals surface area contributed by atoms with Crippen LogP contribution < -0.4 is 15.8 Å². The molecule has 1 aromatic rings. The molecule has 3 N–H and O–H groups in total. The molecule has 0 saturated carbocycles. The van der Waals surface area contributed by atoms with Gasteiger partial charge in [0, 0.05) is 17.8 Å². The minimum atomic E-state index is 0.211. The van der Waals surface area contributed by atoms with E-state index in [-0.39, 0.29) is 6.10 Å². The molecule has 0 fully saturated rings. The third kappa shape index (κ3) is 5.79. The Morgan fingerprint density at radius 3 is 2.68 bits per heavy atom. The van der Waals surface area contributed by atoms with Crippen molar-refractivity contribution in [3.8, 4) is 5.75 Å². The predicted octanol–water partition coefficient (Wildman–Crippen LogP) is 3.46. The summed E-state index contributed by atoms with van der Waals surface area (Å²) in [5, 5.41) is 3.21. The van der Waals surface area contributed by atoms with Gasteiger partial charge in [0.2, 0.25) is 0 Å². The Balaban J connectivity index is 2.73. The maximum Gasteiger partial charge on any atom is 0.122 e. The molecule has 106 valence electrons. The zero-order valence-corrected chi connectivity index (χ0v) is 12.4. The second-order valence-electron chi connectivity index (χ2n) is 5.00. The zero-order valence-electron chi connectivity index (χ0n) is 12.4. The molecule has 2 unspecified atom stereocenters. The number of nitrogens with one attached hydrogen (secondary N) is 1. The van der Waals surface area contributed by atoms with E-state index in [0.29, 0.717) is 6.04 Å². The monoisotopic (exact) mass is 262 g/mol. The van der Waals surface area contributed by atoms with E-state index in [2.05, 4.69) is 38.2 Å². The van der Waals surface area contributed by atoms with Crippen LogP contribution >= 0.6 is 0 Å². The van der Waals surface area contributed by atoms with Crippen molar-refractivity contribution in [1.29, 1.82) is 0 Å². The molecule has 0 bridgehead atoms. The molecule has 3 nitrogen and oxygen atoms in total. The lowest BCUT2D eigenvalue weighted by molar-refractivity contribution is 0.217. The molecule has 3 heteroatoms. The summed E-state index contributed by atoms with van der Waals surface area (Å²) in [5.41, 5.74) is 7.73. The van der Waals surface area contributed by atoms with Gasteiger partial charge in [-0.1, -0.05) is 19.1 Å². The van der Waals surface area contributed by atoms with Crippen LogP contribution in [0.25, 0.3) is 6.08 Å². The van der Waals surface area contributed by atoms with Gasteiger partial charge in [0.25, 0.3) is 0 Å². The van der Waals surface area contributed by atoms with Crippen molar-refractivity contribution in [2.45, 2.75) is 45.8 Å². The van der Waals surface area contributed by atoms with Gasteiger partial charge in [0.15, 0.2) is 0 Å². The SMILES string of the molecule is CCC(C)Oc1cc(N)cc(/C=C/CC(C)NC)c1. The first-order valence-electron chi connectivity index (χ1n) is 6.96. The van der Waals surface area contributed by atoms with E-state index in [1.807, 2.05) is 25.2 Å². The molecule has 0 aliphatic heterocycles. The highest BCUT2D eigenvalue weighted by atomic mass is 16.5. The minimum absolute atomic E-state index is 0.211. The van der Waals surface area contributed by atoms with Crippen LogP contribution in [0.1, 0.15) is 39.2 Å². The van der Waals surface area contributed by atoms with Crippen LogP contribution in [0.3, 0.4) is 0 Å². The van der Waals surface area contributed by atoms with Crippen molar-refractivity contribution in [3.05, 3.63) is 29.8 Å². The Hall–Kier alpha value is -1.48. The van der Waals surface area contributed by atoms with E-state index in [0.717, 1.165) is 29.8 Å². The molecule has 19 heavy (non-hydrogen) atoms. The number of rotatable bonds is 7. The molecule has 0 radical (unpaired) electrons. The molecule has 0 amide bonds. The first-order chi connectivity index (χ1) is 9.05. The summed E-state index contributed by atoms with van der Waals surface area (Å²) in [6, 6.07) is 6.35. The molecular weight excluding hydrogens is 236 g/mol. The lowest BCUT2D eigenvalue weighted by Gasteiger charge is -2.13. The molecule has 0 aliphatic carbocycles. The molecular formula is C16H26N2O. The highest BCUT2D eigenvalue weighted by molar-refractivity contribution is 5.59. The van der Waals surface area contributed by atoms with Gasteiger partial charge >= 0.3 is 0 Å². The van der Waals surface area contributed by atoms with Crippen LogP contribution in [0.2, 0.25) is 0 Å². The van der Waals surface area contributed by atoms with Gasteiger partial charge in [-0.25, -0.2) is 0 Å². The fourth-order valence-electron chi connectivity index (χ4n) is 1.65. The van der Waals surface area contributed by atoms with Crippen LogP contribution in [-0.4, -0.2) is 19.2 Å². The molecule has 0 aromatic heterocycles. The normalized spacial score (nSPS) is 14.5. The fraction of sp³-hybridized carbons (Fsp3) is 0.500. The average molecular weight is 262 g/mol. The maximum atomic E-state index is 5.91. The Morgan fingerprint density at radius 2 is 2.05 bits per heavy atom. The number of ether oxygens (including phenoxy) is 1. The van der Waals surface area contributed by atoms with Crippen molar-refractivity contribution in [2.75, 3.05) is 12.8 Å². The molecule has 0 saturated heterocycles. The quantitative estimate of drug-likeness (QED) is 0.740. The number of benzene rings is 1. The third-order valence-electron chi connectivity index (χ3n) is 3.16. The van der Waals surface area contributed by atoms with E-state index in [1.165, 1.54) is 0 Å². The summed E-state index contributed by atoms with van der Waals surface area (Å²) in [6.07, 6.45) is 6.44. The summed E-state index contributed by atoms with van der Waals surface area (Å²) in [7, 11) is 1.97. The van der Waals surface area contributed by atoms with Gasteiger partial charge in [0.1, 0.15) is 5.75 Å². The maximum absolute atomic E-state index is 5.91. The van der Waals surface area contributed by atoms with Crippen molar-refractivity contribution >= 4 is 11.8 Å². The Morgan fingerprint density at radius 1 is 1.32 bits per heavy atom. The smallest absolute Gasteiger partial charge is 0.122 e. The van der Waals surface area contributed by atoms with Crippen LogP contribution in [0, 0.1) is 0 Å². The van der Waals surface area contributed by atoms with E-state index < -0.39 is 0 Å². The van der Waals surface area contributed by atoms with Crippen molar-refractivity contribution in [3.63, 3.8) is 0 Å². The van der Waals surface area contributed by atoms with Gasteiger partial charge in [-0.2, -0.15) is 0 Å². The fourth-order valence-corrected chi connectivity index (χ4v) is 1.65. The van der Waals surface area contributed by atoms with Gasteiger partial charge in [0.05, 0.1) is 6.10 Å². The lowest BCUT2D eigenvalue weighted by atomic mass is 10.1. The highest BCUT2D eigenvalue weighted by Crippen LogP contribution is 2.21. The number of nitrogen functional groups attached to an aromatic ring is 1. The molecule has 2 atom stereocenters. The predicted molar refractivity (Wildman–Crippen MR) is 83.4 cm³/mol. The Labute approximate surface area is 116 Å². The summed E-state index contributed by atoms with van der Waals surface area (Å²) in [6.45, 7) is 6.32. The van der Waals surface area contributed by atoms with Gasteiger partial charge in [-0.15, -0.1) is 0 Å². The average Bonchev–Trinajstić information content (AvgIpc) is 2.37. The van der Waals surface area contributed by atoms with Crippen LogP contribution in [-0.2, 0) is 0 Å². The second-order valence-corrected chi connectivity index (χ2v) is 5.00. The van der Waals surface area contributed by atoms with Crippen molar-refractivity contribution < 1.29 is 4.74 Å². The van der Waals surface area contributed by atoms with E-state index in [9.17, 15) is 0 Å². The third-order valence-corrected chi connectivity index (χ3v) is 3.16. The molecule has 1 rings (SSSR count). The number of hydrogen-bond acceptors (Lipinski definition) is 3. The summed E-state index contributed by atoms with van der Waals surface area (Å²) >= 11 is 0. The number of nitrogens with two attached hydrogens (primary N) is 1. The van der Waals surface area contributed by atoms with E-state index in [1.54, 1.807) is 0 Å². The van der Waals surface area contributed by atoms with Gasteiger partial charge in [-0.3, -0.25) is 0 Å². The van der Waals surface area contributed by atoms with Gasteiger partial charge < -0.3 is 15.8 Å². The van der Waals surface area contributed by atoms with Crippen LogP contribution in [0.4, 0.5) is 5.69 Å². The molecule has 1 aromatic carbocycles. The summed E-state index contributed by atoms with van der Waals surface area (Å²) in [5.74, 6) is 0.843. The largest absolute Gasteiger partial charge is 0.491 e. The lowest BCUT2D eigenvalue weighted by Crippen LogP contribution is -2.19. The first kappa shape index (κ1) is 15.6. The molecule has 0 spiro atoms. The van der Waals surface area contributed by atoms with Crippen molar-refractivity contribution in [2.24, 2.45) is 0 Å². The van der Waals surface area contributed by atoms with E-state index in [4.69, 9.17) is 10.5 Å². The van der Waals surface area contributed by atoms with Crippen LogP contribution in [0.5, 0.6) is 5.75 Å². The zero-order chi connectivity index (χ0) is 14.3. The second kappa shape index (κ2) is 7.85. The standard InChI is InChI=1S/C16H26N2O/c1-5-13(3)19-16-10-14(9-15(17)11-16)8-6-7-12(2)18-4/h6,8-13,18H,5,7,17H2,1-4H3/b8-6+. The first-order valence-corrected chi connectivity index (χ1v) is 6.96. The highest BCUT2D eigenvalue weighted by Gasteiger charge is 2.03. The topological polar surface area (TPSA) is 47.3 Å². The van der Waals surface area contributed by atoms with Gasteiger partial charge in [-0.05, 0) is 51.4 Å². The molecule has 0 aliphatic rings. The number of anilines is 1. The Bertz CT molecular complexity index is 415. The minimum Gasteiger partial charge on any atom is -0.491 e. The van der Waals surface area contributed by atoms with Crippen molar-refractivity contribution in [1.82, 2.24) is 5.32 Å². The molecule has 0 heterocycles. The summed E-state index contributed by atoms with van der Waals surface area (Å²) < 4.78 is 5.81. The van der Waals surface area contributed by atoms with E-state index >= 15 is 0 Å². The van der Waals surface area contributed by atoms with Crippen LogP contribution in [0.15, 0.2) is 24.3 Å².